The Kier molecular flexibility index (Phi) is 2.35. The van der Waals surface area contributed by atoms with Crippen LogP contribution in [0.25, 0.3) is 11.6 Å². The first-order valence-corrected chi connectivity index (χ1v) is 5.32. The second-order valence-corrected chi connectivity index (χ2v) is 3.60. The lowest BCUT2D eigenvalue weighted by atomic mass is 10.3. The van der Waals surface area contributed by atoms with Gasteiger partial charge in [0.2, 0.25) is 0 Å². The molecule has 0 saturated carbocycles. The quantitative estimate of drug-likeness (QED) is 0.672. The molecule has 0 aliphatic carbocycles. The highest BCUT2D eigenvalue weighted by molar-refractivity contribution is 5.37. The molecule has 0 spiro atoms. The van der Waals surface area contributed by atoms with Crippen molar-refractivity contribution >= 4 is 0 Å². The number of hydrogen-bond acceptors (Lipinski definition) is 4. The van der Waals surface area contributed by atoms with Gasteiger partial charge in [-0.25, -0.2) is 0 Å². The Morgan fingerprint density at radius 1 is 1.06 bits per heavy atom. The van der Waals surface area contributed by atoms with Crippen molar-refractivity contribution in [2.24, 2.45) is 0 Å². The zero-order chi connectivity index (χ0) is 12.4. The molecular formula is C12H8N6. The number of nitrogens with zero attached hydrogens (tertiary/aromatic N) is 6. The molecule has 18 heavy (non-hydrogen) atoms. The van der Waals surface area contributed by atoms with Crippen LogP contribution in [0.5, 0.6) is 0 Å². The lowest BCUT2D eigenvalue weighted by molar-refractivity contribution is 0.771. The molecule has 1 aromatic carbocycles. The maximum absolute atomic E-state index is 9.02. The molecule has 0 amide bonds. The van der Waals surface area contributed by atoms with Crippen LogP contribution in [0.3, 0.4) is 0 Å². The summed E-state index contributed by atoms with van der Waals surface area (Å²) >= 11 is 0. The smallest absolute Gasteiger partial charge is 0.259 e. The molecule has 2 aromatic heterocycles. The molecule has 0 atom stereocenters. The van der Waals surface area contributed by atoms with Crippen LogP contribution >= 0.6 is 0 Å². The number of aromatic nitrogens is 5. The lowest BCUT2D eigenvalue weighted by Crippen LogP contribution is -2.07. The number of para-hydroxylation sites is 1. The summed E-state index contributed by atoms with van der Waals surface area (Å²) in [6.45, 7) is 0. The van der Waals surface area contributed by atoms with Crippen LogP contribution in [-0.2, 0) is 0 Å². The van der Waals surface area contributed by atoms with Crippen molar-refractivity contribution in [3.8, 4) is 17.7 Å². The third-order valence-electron chi connectivity index (χ3n) is 2.53. The van der Waals surface area contributed by atoms with E-state index in [-0.39, 0.29) is 0 Å². The third kappa shape index (κ3) is 1.55. The Labute approximate surface area is 103 Å². The average molecular weight is 236 g/mol. The van der Waals surface area contributed by atoms with Crippen LogP contribution in [0.4, 0.5) is 0 Å². The molecule has 6 heteroatoms. The molecule has 3 aromatic rings. The minimum atomic E-state index is 0.488. The van der Waals surface area contributed by atoms with Crippen molar-refractivity contribution in [3.05, 3.63) is 54.4 Å². The number of nitriles is 1. The fraction of sp³-hybridized carbons (Fsp3) is 0. The van der Waals surface area contributed by atoms with Gasteiger partial charge in [-0.05, 0) is 34.7 Å². The van der Waals surface area contributed by atoms with E-state index in [4.69, 9.17) is 5.26 Å². The van der Waals surface area contributed by atoms with E-state index in [2.05, 4.69) is 21.6 Å². The fourth-order valence-electron chi connectivity index (χ4n) is 1.72. The van der Waals surface area contributed by atoms with E-state index in [1.165, 1.54) is 0 Å². The van der Waals surface area contributed by atoms with Crippen molar-refractivity contribution < 1.29 is 0 Å². The van der Waals surface area contributed by atoms with Gasteiger partial charge in [-0.15, -0.1) is 0 Å². The normalized spacial score (nSPS) is 10.2. The van der Waals surface area contributed by atoms with Gasteiger partial charge in [0.25, 0.3) is 5.95 Å². The van der Waals surface area contributed by atoms with Crippen molar-refractivity contribution in [3.63, 3.8) is 0 Å². The second-order valence-electron chi connectivity index (χ2n) is 3.60. The summed E-state index contributed by atoms with van der Waals surface area (Å²) in [6, 6.07) is 15.1. The second kappa shape index (κ2) is 4.14. The topological polar surface area (TPSA) is 72.3 Å². The highest BCUT2D eigenvalue weighted by Gasteiger charge is 2.12. The number of tetrazole rings is 1. The largest absolute Gasteiger partial charge is 0.275 e. The van der Waals surface area contributed by atoms with Crippen molar-refractivity contribution in [2.45, 2.75) is 0 Å². The fourth-order valence-corrected chi connectivity index (χ4v) is 1.72. The summed E-state index contributed by atoms with van der Waals surface area (Å²) in [5.74, 6) is 0.489. The zero-order valence-corrected chi connectivity index (χ0v) is 9.30. The van der Waals surface area contributed by atoms with Gasteiger partial charge in [-0.1, -0.05) is 23.3 Å². The van der Waals surface area contributed by atoms with E-state index in [0.717, 1.165) is 5.69 Å². The predicted octanol–water partition coefficient (Wildman–Crippen LogP) is 1.32. The van der Waals surface area contributed by atoms with E-state index in [1.54, 1.807) is 27.6 Å². The van der Waals surface area contributed by atoms with Gasteiger partial charge in [0.15, 0.2) is 0 Å². The first-order valence-electron chi connectivity index (χ1n) is 5.32. The van der Waals surface area contributed by atoms with E-state index < -0.39 is 0 Å². The van der Waals surface area contributed by atoms with Gasteiger partial charge in [0.1, 0.15) is 11.8 Å². The molecule has 2 heterocycles. The van der Waals surface area contributed by atoms with Crippen LogP contribution in [0.2, 0.25) is 0 Å². The number of rotatable bonds is 2. The number of benzene rings is 1. The predicted molar refractivity (Wildman–Crippen MR) is 63.2 cm³/mol. The van der Waals surface area contributed by atoms with Crippen molar-refractivity contribution in [2.75, 3.05) is 0 Å². The Morgan fingerprint density at radius 3 is 2.67 bits per heavy atom. The average Bonchev–Trinajstić information content (AvgIpc) is 3.07. The molecule has 0 aliphatic heterocycles. The molecule has 0 N–H and O–H groups in total. The van der Waals surface area contributed by atoms with Gasteiger partial charge in [-0.3, -0.25) is 4.57 Å². The van der Waals surface area contributed by atoms with Crippen molar-refractivity contribution in [1.29, 1.82) is 5.26 Å². The monoisotopic (exact) mass is 236 g/mol. The highest BCUT2D eigenvalue weighted by atomic mass is 15.6. The molecule has 0 saturated heterocycles. The van der Waals surface area contributed by atoms with Crippen LogP contribution in [0.15, 0.2) is 48.7 Å². The summed E-state index contributed by atoms with van der Waals surface area (Å²) in [6.07, 6.45) is 1.75. The first-order chi connectivity index (χ1) is 8.90. The van der Waals surface area contributed by atoms with Gasteiger partial charge in [-0.2, -0.15) is 9.94 Å². The molecule has 0 radical (unpaired) electrons. The van der Waals surface area contributed by atoms with Gasteiger partial charge in [0.05, 0.1) is 5.69 Å². The van der Waals surface area contributed by atoms with Crippen LogP contribution in [-0.4, -0.2) is 24.8 Å². The molecule has 86 valence electrons. The summed E-state index contributed by atoms with van der Waals surface area (Å²) in [7, 11) is 0. The van der Waals surface area contributed by atoms with Gasteiger partial charge >= 0.3 is 0 Å². The molecule has 0 unspecified atom stereocenters. The molecule has 0 bridgehead atoms. The molecule has 0 fully saturated rings. The maximum atomic E-state index is 9.02. The van der Waals surface area contributed by atoms with Crippen LogP contribution in [0.1, 0.15) is 5.69 Å². The molecular weight excluding hydrogens is 228 g/mol. The first kappa shape index (κ1) is 10.2. The van der Waals surface area contributed by atoms with E-state index >= 15 is 0 Å². The molecule has 6 nitrogen and oxygen atoms in total. The van der Waals surface area contributed by atoms with Gasteiger partial charge < -0.3 is 0 Å². The standard InChI is InChI=1S/C12H8N6/c13-9-11-7-4-8-17(11)12-14-15-16-18(12)10-5-2-1-3-6-10/h1-8H. The lowest BCUT2D eigenvalue weighted by Gasteiger charge is -2.05. The Hall–Kier alpha value is -2.94. The van der Waals surface area contributed by atoms with Crippen LogP contribution in [0, 0.1) is 11.3 Å². The highest BCUT2D eigenvalue weighted by Crippen LogP contribution is 2.13. The van der Waals surface area contributed by atoms with Crippen molar-refractivity contribution in [1.82, 2.24) is 24.8 Å². The Morgan fingerprint density at radius 2 is 1.89 bits per heavy atom. The molecule has 0 aliphatic rings. The minimum Gasteiger partial charge on any atom is -0.275 e. The van der Waals surface area contributed by atoms with E-state index in [0.29, 0.717) is 11.6 Å². The van der Waals surface area contributed by atoms with Gasteiger partial charge in [0, 0.05) is 6.20 Å². The minimum absolute atomic E-state index is 0.488. The van der Waals surface area contributed by atoms with E-state index in [9.17, 15) is 0 Å². The SMILES string of the molecule is N#Cc1cccn1-c1nnnn1-c1ccccc1. The third-order valence-corrected chi connectivity index (χ3v) is 2.53. The zero-order valence-electron chi connectivity index (χ0n) is 9.30. The summed E-state index contributed by atoms with van der Waals surface area (Å²) in [5, 5.41) is 20.6. The number of hydrogen-bond donors (Lipinski definition) is 0. The van der Waals surface area contributed by atoms with E-state index in [1.807, 2.05) is 30.3 Å². The Balaban J connectivity index is 2.17. The molecule has 3 rings (SSSR count). The van der Waals surface area contributed by atoms with Crippen LogP contribution < -0.4 is 0 Å². The summed E-state index contributed by atoms with van der Waals surface area (Å²) in [4.78, 5) is 0. The maximum Gasteiger partial charge on any atom is 0.259 e. The summed E-state index contributed by atoms with van der Waals surface area (Å²) in [5.41, 5.74) is 1.33. The summed E-state index contributed by atoms with van der Waals surface area (Å²) < 4.78 is 3.23. The Bertz CT molecular complexity index is 704.